The summed E-state index contributed by atoms with van der Waals surface area (Å²) in [6.45, 7) is 6.08. The van der Waals surface area contributed by atoms with Crippen molar-refractivity contribution in [3.63, 3.8) is 0 Å². The summed E-state index contributed by atoms with van der Waals surface area (Å²) in [6.07, 6.45) is 0. The van der Waals surface area contributed by atoms with Crippen molar-refractivity contribution >= 4 is 33.2 Å². The smallest absolute Gasteiger partial charge is 0.263 e. The quantitative estimate of drug-likeness (QED) is 0.850. The van der Waals surface area contributed by atoms with E-state index >= 15 is 0 Å². The standard InChI is InChI=1S/C17H19ClN2O3S/c1-4-19-17(21)13-6-8-15(18)16(10-13)24(22,23)20-14-7-5-11(2)12(3)9-14/h5-10,20H,4H2,1-3H3,(H,19,21). The highest BCUT2D eigenvalue weighted by Crippen LogP contribution is 2.26. The lowest BCUT2D eigenvalue weighted by atomic mass is 10.1. The summed E-state index contributed by atoms with van der Waals surface area (Å²) in [5.41, 5.74) is 2.71. The Bertz CT molecular complexity index is 879. The van der Waals surface area contributed by atoms with E-state index in [0.29, 0.717) is 12.2 Å². The van der Waals surface area contributed by atoms with Gasteiger partial charge in [-0.1, -0.05) is 17.7 Å². The monoisotopic (exact) mass is 366 g/mol. The molecule has 24 heavy (non-hydrogen) atoms. The van der Waals surface area contributed by atoms with Gasteiger partial charge in [0.15, 0.2) is 0 Å². The number of benzene rings is 2. The van der Waals surface area contributed by atoms with Crippen molar-refractivity contribution in [3.05, 3.63) is 58.1 Å². The third-order valence-electron chi connectivity index (χ3n) is 3.58. The molecule has 0 radical (unpaired) electrons. The SMILES string of the molecule is CCNC(=O)c1ccc(Cl)c(S(=O)(=O)Nc2ccc(C)c(C)c2)c1. The van der Waals surface area contributed by atoms with Gasteiger partial charge in [0.05, 0.1) is 5.02 Å². The normalized spacial score (nSPS) is 11.2. The Morgan fingerprint density at radius 3 is 2.42 bits per heavy atom. The number of halogens is 1. The zero-order valence-corrected chi connectivity index (χ0v) is 15.3. The van der Waals surface area contributed by atoms with Crippen LogP contribution in [-0.4, -0.2) is 20.9 Å². The van der Waals surface area contributed by atoms with Crippen molar-refractivity contribution in [2.75, 3.05) is 11.3 Å². The Balaban J connectivity index is 2.39. The molecule has 0 spiro atoms. The van der Waals surface area contributed by atoms with Gasteiger partial charge in [0.1, 0.15) is 4.90 Å². The maximum Gasteiger partial charge on any atom is 0.263 e. The van der Waals surface area contributed by atoms with E-state index in [-0.39, 0.29) is 21.4 Å². The molecular formula is C17H19ClN2O3S. The molecule has 128 valence electrons. The molecule has 0 saturated heterocycles. The molecule has 0 atom stereocenters. The molecule has 2 aromatic carbocycles. The average Bonchev–Trinajstić information content (AvgIpc) is 2.51. The van der Waals surface area contributed by atoms with E-state index in [4.69, 9.17) is 11.6 Å². The highest BCUT2D eigenvalue weighted by Gasteiger charge is 2.20. The Hall–Kier alpha value is -2.05. The van der Waals surface area contributed by atoms with Crippen molar-refractivity contribution in [2.45, 2.75) is 25.7 Å². The topological polar surface area (TPSA) is 75.3 Å². The first-order valence-electron chi connectivity index (χ1n) is 7.42. The second-order valence-electron chi connectivity index (χ2n) is 5.41. The highest BCUT2D eigenvalue weighted by molar-refractivity contribution is 7.92. The molecule has 0 fully saturated rings. The van der Waals surface area contributed by atoms with Crippen molar-refractivity contribution in [1.29, 1.82) is 0 Å². The summed E-state index contributed by atoms with van der Waals surface area (Å²) in [7, 11) is -3.91. The first kappa shape index (κ1) is 18.3. The lowest BCUT2D eigenvalue weighted by molar-refractivity contribution is 0.0955. The lowest BCUT2D eigenvalue weighted by Crippen LogP contribution is -2.23. The highest BCUT2D eigenvalue weighted by atomic mass is 35.5. The van der Waals surface area contributed by atoms with Crippen LogP contribution in [0.5, 0.6) is 0 Å². The molecule has 5 nitrogen and oxygen atoms in total. The summed E-state index contributed by atoms with van der Waals surface area (Å²) in [4.78, 5) is 11.8. The van der Waals surface area contributed by atoms with Crippen molar-refractivity contribution < 1.29 is 13.2 Å². The lowest BCUT2D eigenvalue weighted by Gasteiger charge is -2.12. The minimum absolute atomic E-state index is 0.0550. The second kappa shape index (κ2) is 7.23. The van der Waals surface area contributed by atoms with Crippen LogP contribution in [0.1, 0.15) is 28.4 Å². The van der Waals surface area contributed by atoms with E-state index in [1.165, 1.54) is 18.2 Å². The van der Waals surface area contributed by atoms with E-state index in [9.17, 15) is 13.2 Å². The second-order valence-corrected chi connectivity index (χ2v) is 7.47. The summed E-state index contributed by atoms with van der Waals surface area (Å²) in [5.74, 6) is -0.350. The third-order valence-corrected chi connectivity index (χ3v) is 5.44. The van der Waals surface area contributed by atoms with E-state index in [2.05, 4.69) is 10.0 Å². The van der Waals surface area contributed by atoms with E-state index in [1.54, 1.807) is 19.1 Å². The Kier molecular flexibility index (Phi) is 5.51. The zero-order chi connectivity index (χ0) is 17.9. The number of amides is 1. The number of carbonyl (C=O) groups excluding carboxylic acids is 1. The van der Waals surface area contributed by atoms with Gasteiger partial charge >= 0.3 is 0 Å². The van der Waals surface area contributed by atoms with Crippen LogP contribution in [0.2, 0.25) is 5.02 Å². The van der Waals surface area contributed by atoms with Gasteiger partial charge in [-0.25, -0.2) is 8.42 Å². The number of carbonyl (C=O) groups is 1. The van der Waals surface area contributed by atoms with Crippen LogP contribution < -0.4 is 10.0 Å². The van der Waals surface area contributed by atoms with Gasteiger partial charge in [0.25, 0.3) is 15.9 Å². The van der Waals surface area contributed by atoms with Gasteiger partial charge in [-0.05, 0) is 62.2 Å². The number of nitrogens with one attached hydrogen (secondary N) is 2. The van der Waals surface area contributed by atoms with Crippen LogP contribution in [0.25, 0.3) is 0 Å². The van der Waals surface area contributed by atoms with Crippen LogP contribution in [0, 0.1) is 13.8 Å². The van der Waals surface area contributed by atoms with E-state index < -0.39 is 10.0 Å². The molecule has 0 aromatic heterocycles. The number of sulfonamides is 1. The largest absolute Gasteiger partial charge is 0.352 e. The molecular weight excluding hydrogens is 348 g/mol. The van der Waals surface area contributed by atoms with Crippen molar-refractivity contribution in [1.82, 2.24) is 5.32 Å². The molecule has 0 aliphatic heterocycles. The summed E-state index contributed by atoms with van der Waals surface area (Å²) in [6, 6.07) is 9.43. The fraction of sp³-hybridized carbons (Fsp3) is 0.235. The predicted molar refractivity (Wildman–Crippen MR) is 96.2 cm³/mol. The number of anilines is 1. The Labute approximate surface area is 147 Å². The fourth-order valence-corrected chi connectivity index (χ4v) is 3.70. The van der Waals surface area contributed by atoms with Gasteiger partial charge in [-0.3, -0.25) is 9.52 Å². The van der Waals surface area contributed by atoms with E-state index in [0.717, 1.165) is 11.1 Å². The molecule has 2 N–H and O–H groups in total. The van der Waals surface area contributed by atoms with Crippen LogP contribution in [-0.2, 0) is 10.0 Å². The molecule has 0 bridgehead atoms. The first-order chi connectivity index (χ1) is 11.2. The van der Waals surface area contributed by atoms with E-state index in [1.807, 2.05) is 19.9 Å². The molecule has 0 aliphatic rings. The molecule has 2 rings (SSSR count). The minimum Gasteiger partial charge on any atom is -0.352 e. The minimum atomic E-state index is -3.91. The van der Waals surface area contributed by atoms with Crippen LogP contribution in [0.15, 0.2) is 41.3 Å². The van der Waals surface area contributed by atoms with Gasteiger partial charge in [-0.2, -0.15) is 0 Å². The summed E-state index contributed by atoms with van der Waals surface area (Å²) < 4.78 is 27.7. The first-order valence-corrected chi connectivity index (χ1v) is 9.28. The number of rotatable bonds is 5. The van der Waals surface area contributed by atoms with Gasteiger partial charge in [0.2, 0.25) is 0 Å². The van der Waals surface area contributed by atoms with Crippen LogP contribution in [0.3, 0.4) is 0 Å². The summed E-state index contributed by atoms with van der Waals surface area (Å²) >= 11 is 6.03. The van der Waals surface area contributed by atoms with Crippen LogP contribution in [0.4, 0.5) is 5.69 Å². The fourth-order valence-electron chi connectivity index (χ4n) is 2.13. The van der Waals surface area contributed by atoms with Gasteiger partial charge < -0.3 is 5.32 Å². The Morgan fingerprint density at radius 2 is 1.79 bits per heavy atom. The molecule has 0 aliphatic carbocycles. The number of hydrogen-bond acceptors (Lipinski definition) is 3. The van der Waals surface area contributed by atoms with Gasteiger partial charge in [0, 0.05) is 17.8 Å². The molecule has 0 saturated carbocycles. The van der Waals surface area contributed by atoms with Gasteiger partial charge in [-0.15, -0.1) is 0 Å². The predicted octanol–water partition coefficient (Wildman–Crippen LogP) is 3.51. The molecule has 2 aromatic rings. The molecule has 0 heterocycles. The van der Waals surface area contributed by atoms with Crippen molar-refractivity contribution in [3.8, 4) is 0 Å². The van der Waals surface area contributed by atoms with Crippen LogP contribution >= 0.6 is 11.6 Å². The maximum atomic E-state index is 12.6. The molecule has 7 heteroatoms. The van der Waals surface area contributed by atoms with Crippen molar-refractivity contribution in [2.24, 2.45) is 0 Å². The summed E-state index contributed by atoms with van der Waals surface area (Å²) in [5, 5.41) is 2.68. The average molecular weight is 367 g/mol. The number of aryl methyl sites for hydroxylation is 2. The molecule has 1 amide bonds. The Morgan fingerprint density at radius 1 is 1.08 bits per heavy atom. The maximum absolute atomic E-state index is 12.6. The number of hydrogen-bond donors (Lipinski definition) is 2. The molecule has 0 unspecified atom stereocenters. The zero-order valence-electron chi connectivity index (χ0n) is 13.7. The third kappa shape index (κ3) is 4.07.